The Morgan fingerprint density at radius 3 is 2.48 bits per heavy atom. The number of rotatable bonds is 2. The molecule has 150 valence electrons. The molecule has 0 radical (unpaired) electrons. The van der Waals surface area contributed by atoms with Crippen LogP contribution in [0.15, 0.2) is 6.07 Å². The highest BCUT2D eigenvalue weighted by atomic mass is 35.5. The van der Waals surface area contributed by atoms with Crippen molar-refractivity contribution in [2.24, 2.45) is 0 Å². The smallest absolute Gasteiger partial charge is 0.409 e. The first kappa shape index (κ1) is 20.4. The third-order valence-corrected chi connectivity index (χ3v) is 7.69. The summed E-state index contributed by atoms with van der Waals surface area (Å²) < 4.78 is 31.4. The lowest BCUT2D eigenvalue weighted by molar-refractivity contribution is 0.0794. The minimum atomic E-state index is -3.34. The number of ether oxygens (including phenoxy) is 1. The SMILES string of the molecule is CCOC(=O)N1CCC2(CC1)CN(S(C)(=O)=O)Cc1c2cc(C)c(Cl)c1C. The Morgan fingerprint density at radius 1 is 1.30 bits per heavy atom. The zero-order valence-electron chi connectivity index (χ0n) is 16.3. The van der Waals surface area contributed by atoms with Crippen LogP contribution in [-0.2, 0) is 26.7 Å². The number of sulfonamides is 1. The second-order valence-corrected chi connectivity index (χ2v) is 10.0. The molecule has 2 aliphatic rings. The first-order valence-corrected chi connectivity index (χ1v) is 11.5. The number of fused-ring (bicyclic) bond motifs is 2. The van der Waals surface area contributed by atoms with Gasteiger partial charge in [-0.2, -0.15) is 4.31 Å². The monoisotopic (exact) mass is 414 g/mol. The highest BCUT2D eigenvalue weighted by Gasteiger charge is 2.45. The number of aryl methyl sites for hydroxylation is 1. The number of halogens is 1. The molecule has 1 aromatic rings. The fourth-order valence-electron chi connectivity index (χ4n) is 4.32. The van der Waals surface area contributed by atoms with E-state index in [1.807, 2.05) is 13.8 Å². The van der Waals surface area contributed by atoms with Crippen LogP contribution in [0, 0.1) is 13.8 Å². The number of carbonyl (C=O) groups is 1. The molecule has 1 fully saturated rings. The van der Waals surface area contributed by atoms with Gasteiger partial charge in [0.15, 0.2) is 0 Å². The van der Waals surface area contributed by atoms with E-state index in [-0.39, 0.29) is 11.5 Å². The number of piperidine rings is 1. The number of hydrogen-bond donors (Lipinski definition) is 0. The molecule has 8 heteroatoms. The van der Waals surface area contributed by atoms with Crippen LogP contribution >= 0.6 is 11.6 Å². The molecule has 0 saturated carbocycles. The lowest BCUT2D eigenvalue weighted by Crippen LogP contribution is -2.54. The minimum absolute atomic E-state index is 0.299. The molecule has 3 rings (SSSR count). The van der Waals surface area contributed by atoms with Crippen LogP contribution in [0.4, 0.5) is 4.79 Å². The van der Waals surface area contributed by atoms with Gasteiger partial charge in [-0.15, -0.1) is 0 Å². The first-order chi connectivity index (χ1) is 12.6. The van der Waals surface area contributed by atoms with Crippen molar-refractivity contribution in [1.29, 1.82) is 0 Å². The van der Waals surface area contributed by atoms with E-state index in [1.54, 1.807) is 16.1 Å². The van der Waals surface area contributed by atoms with Gasteiger partial charge in [-0.1, -0.05) is 17.7 Å². The summed E-state index contributed by atoms with van der Waals surface area (Å²) in [5.74, 6) is 0. The summed E-state index contributed by atoms with van der Waals surface area (Å²) in [6, 6.07) is 2.12. The van der Waals surface area contributed by atoms with E-state index in [2.05, 4.69) is 6.07 Å². The lowest BCUT2D eigenvalue weighted by atomic mass is 9.68. The van der Waals surface area contributed by atoms with E-state index in [9.17, 15) is 13.2 Å². The Morgan fingerprint density at radius 2 is 1.93 bits per heavy atom. The van der Waals surface area contributed by atoms with Gasteiger partial charge < -0.3 is 9.64 Å². The Hall–Kier alpha value is -1.31. The standard InChI is InChI=1S/C19H27ClN2O4S/c1-5-26-18(23)21-8-6-19(7-9-21)12-22(27(4,24)25)11-15-14(3)17(20)13(2)10-16(15)19/h10H,5-9,11-12H2,1-4H3. The topological polar surface area (TPSA) is 66.9 Å². The largest absolute Gasteiger partial charge is 0.450 e. The normalized spacial score (nSPS) is 19.8. The molecular formula is C19H27ClN2O4S. The minimum Gasteiger partial charge on any atom is -0.450 e. The van der Waals surface area contributed by atoms with Crippen molar-refractivity contribution in [2.75, 3.05) is 32.5 Å². The zero-order chi connectivity index (χ0) is 20.0. The van der Waals surface area contributed by atoms with E-state index in [1.165, 1.54) is 11.8 Å². The van der Waals surface area contributed by atoms with E-state index >= 15 is 0 Å². The predicted octanol–water partition coefficient (Wildman–Crippen LogP) is 3.22. The Bertz CT molecular complexity index is 861. The zero-order valence-corrected chi connectivity index (χ0v) is 17.9. The highest BCUT2D eigenvalue weighted by molar-refractivity contribution is 7.88. The average molecular weight is 415 g/mol. The summed E-state index contributed by atoms with van der Waals surface area (Å²) >= 11 is 6.47. The van der Waals surface area contributed by atoms with Gasteiger partial charge in [-0.05, 0) is 55.9 Å². The molecular weight excluding hydrogens is 388 g/mol. The number of nitrogens with zero attached hydrogens (tertiary/aromatic N) is 2. The molecule has 0 aliphatic carbocycles. The molecule has 0 bridgehead atoms. The van der Waals surface area contributed by atoms with E-state index < -0.39 is 10.0 Å². The van der Waals surface area contributed by atoms with Gasteiger partial charge in [0.2, 0.25) is 10.0 Å². The number of benzene rings is 1. The van der Waals surface area contributed by atoms with Gasteiger partial charge in [-0.3, -0.25) is 0 Å². The fraction of sp³-hybridized carbons (Fsp3) is 0.632. The molecule has 0 unspecified atom stereocenters. The van der Waals surface area contributed by atoms with Gasteiger partial charge >= 0.3 is 6.09 Å². The second kappa shape index (κ2) is 7.26. The van der Waals surface area contributed by atoms with Gasteiger partial charge in [0.1, 0.15) is 0 Å². The Labute approximate surface area is 166 Å². The van der Waals surface area contributed by atoms with Crippen molar-refractivity contribution < 1.29 is 17.9 Å². The first-order valence-electron chi connectivity index (χ1n) is 9.25. The molecule has 2 heterocycles. The summed E-state index contributed by atoms with van der Waals surface area (Å²) in [5.41, 5.74) is 3.84. The van der Waals surface area contributed by atoms with E-state index in [0.717, 1.165) is 16.7 Å². The second-order valence-electron chi connectivity index (χ2n) is 7.66. The van der Waals surface area contributed by atoms with Crippen LogP contribution in [0.2, 0.25) is 5.02 Å². The summed E-state index contributed by atoms with van der Waals surface area (Å²) in [6.07, 6.45) is 2.35. The molecule has 0 atom stereocenters. The van der Waals surface area contributed by atoms with Crippen molar-refractivity contribution in [3.05, 3.63) is 33.3 Å². The quantitative estimate of drug-likeness (QED) is 0.745. The molecule has 0 aromatic heterocycles. The number of likely N-dealkylation sites (tertiary alicyclic amines) is 1. The van der Waals surface area contributed by atoms with E-state index in [4.69, 9.17) is 16.3 Å². The van der Waals surface area contributed by atoms with Gasteiger partial charge in [0, 0.05) is 36.6 Å². The van der Waals surface area contributed by atoms with Crippen molar-refractivity contribution >= 4 is 27.7 Å². The highest BCUT2D eigenvalue weighted by Crippen LogP contribution is 2.45. The summed E-state index contributed by atoms with van der Waals surface area (Å²) in [6.45, 7) is 7.98. The predicted molar refractivity (Wildman–Crippen MR) is 106 cm³/mol. The van der Waals surface area contributed by atoms with Crippen LogP contribution in [0.5, 0.6) is 0 Å². The maximum atomic E-state index is 12.4. The molecule has 27 heavy (non-hydrogen) atoms. The molecule has 1 saturated heterocycles. The lowest BCUT2D eigenvalue weighted by Gasteiger charge is -2.48. The van der Waals surface area contributed by atoms with E-state index in [0.29, 0.717) is 50.7 Å². The summed E-state index contributed by atoms with van der Waals surface area (Å²) in [4.78, 5) is 13.8. The maximum Gasteiger partial charge on any atom is 0.409 e. The third kappa shape index (κ3) is 3.69. The van der Waals surface area contributed by atoms with Crippen LogP contribution in [0.1, 0.15) is 42.0 Å². The molecule has 2 aliphatic heterocycles. The van der Waals surface area contributed by atoms with Crippen LogP contribution in [0.25, 0.3) is 0 Å². The third-order valence-electron chi connectivity index (χ3n) is 5.91. The Kier molecular flexibility index (Phi) is 5.49. The van der Waals surface area contributed by atoms with Crippen molar-refractivity contribution in [3.8, 4) is 0 Å². The van der Waals surface area contributed by atoms with Gasteiger partial charge in [-0.25, -0.2) is 13.2 Å². The maximum absolute atomic E-state index is 12.4. The van der Waals surface area contributed by atoms with Crippen LogP contribution in [-0.4, -0.2) is 56.2 Å². The van der Waals surface area contributed by atoms with Crippen molar-refractivity contribution in [1.82, 2.24) is 9.21 Å². The van der Waals surface area contributed by atoms with Crippen LogP contribution in [0.3, 0.4) is 0 Å². The summed E-state index contributed by atoms with van der Waals surface area (Å²) in [5, 5.41) is 0.697. The van der Waals surface area contributed by atoms with Gasteiger partial charge in [0.05, 0.1) is 12.9 Å². The number of carbonyl (C=O) groups excluding carboxylic acids is 1. The Balaban J connectivity index is 2.02. The van der Waals surface area contributed by atoms with Crippen molar-refractivity contribution in [2.45, 2.75) is 45.6 Å². The number of hydrogen-bond acceptors (Lipinski definition) is 4. The number of amides is 1. The van der Waals surface area contributed by atoms with Gasteiger partial charge in [0.25, 0.3) is 0 Å². The average Bonchev–Trinajstić information content (AvgIpc) is 2.60. The molecule has 0 N–H and O–H groups in total. The van der Waals surface area contributed by atoms with Crippen molar-refractivity contribution in [3.63, 3.8) is 0 Å². The molecule has 1 aromatic carbocycles. The molecule has 1 amide bonds. The van der Waals surface area contributed by atoms with Crippen LogP contribution < -0.4 is 0 Å². The molecule has 1 spiro atoms. The summed E-state index contributed by atoms with van der Waals surface area (Å²) in [7, 11) is -3.34. The molecule has 6 nitrogen and oxygen atoms in total. The fourth-order valence-corrected chi connectivity index (χ4v) is 5.34.